The summed E-state index contributed by atoms with van der Waals surface area (Å²) in [6.07, 6.45) is 3.30. The molecule has 100 valence electrons. The smallest absolute Gasteiger partial charge is 0.489 e. The van der Waals surface area contributed by atoms with Crippen molar-refractivity contribution in [2.75, 3.05) is 0 Å². The molecule has 2 rings (SSSR count). The van der Waals surface area contributed by atoms with Gasteiger partial charge in [-0.15, -0.1) is 5.46 Å². The molecule has 1 aromatic heterocycles. The van der Waals surface area contributed by atoms with E-state index in [2.05, 4.69) is 4.98 Å². The third kappa shape index (κ3) is 3.50. The van der Waals surface area contributed by atoms with Gasteiger partial charge in [0, 0.05) is 18.0 Å². The van der Waals surface area contributed by atoms with Crippen LogP contribution in [-0.2, 0) is 6.61 Å². The maximum atomic E-state index is 12.6. The van der Waals surface area contributed by atoms with Crippen LogP contribution < -0.4 is 10.2 Å². The van der Waals surface area contributed by atoms with E-state index in [0.29, 0.717) is 11.3 Å². The third-order valence-corrected chi connectivity index (χ3v) is 2.69. The van der Waals surface area contributed by atoms with Gasteiger partial charge in [-0.05, 0) is 24.6 Å². The number of pyridine rings is 1. The fourth-order valence-corrected chi connectivity index (χ4v) is 1.68. The van der Waals surface area contributed by atoms with Crippen molar-refractivity contribution in [3.63, 3.8) is 0 Å². The molecule has 0 radical (unpaired) electrons. The van der Waals surface area contributed by atoms with Crippen molar-refractivity contribution in [3.05, 3.63) is 53.9 Å². The average Bonchev–Trinajstić information content (AvgIpc) is 2.37. The average molecular weight is 266 g/mol. The molecule has 0 amide bonds. The van der Waals surface area contributed by atoms with Crippen molar-refractivity contribution in [1.29, 1.82) is 0 Å². The Morgan fingerprint density at radius 1 is 1.21 bits per heavy atom. The summed E-state index contributed by atoms with van der Waals surface area (Å²) in [5.41, 5.74) is 0.734. The van der Waals surface area contributed by atoms with Gasteiger partial charge in [0.05, 0.1) is 0 Å². The summed E-state index contributed by atoms with van der Waals surface area (Å²) in [7, 11) is 0. The van der Waals surface area contributed by atoms with Crippen LogP contribution >= 0.6 is 0 Å². The van der Waals surface area contributed by atoms with E-state index in [1.54, 1.807) is 25.4 Å². The monoisotopic (exact) mass is 266 g/mol. The first-order valence-corrected chi connectivity index (χ1v) is 5.79. The third-order valence-electron chi connectivity index (χ3n) is 2.69. The Kier molecular flexibility index (Phi) is 3.78. The Morgan fingerprint density at radius 3 is 2.58 bits per heavy atom. The lowest BCUT2D eigenvalue weighted by Gasteiger charge is -2.17. The van der Waals surface area contributed by atoms with E-state index >= 15 is 0 Å². The standard InChI is InChI=1S/C13H12BF3NO/c1-10-7-12(14(15,16)17)4-5-13(10)19-9-11-3-2-6-18-8-11/h2-8H,9H2,1H3/q-1. The first-order chi connectivity index (χ1) is 8.97. The number of ether oxygens (including phenoxy) is 1. The molecule has 0 fully saturated rings. The molecular weight excluding hydrogens is 254 g/mol. The van der Waals surface area contributed by atoms with Gasteiger partial charge in [-0.3, -0.25) is 4.98 Å². The minimum absolute atomic E-state index is 0.283. The van der Waals surface area contributed by atoms with E-state index in [1.165, 1.54) is 6.07 Å². The Morgan fingerprint density at radius 2 is 2.00 bits per heavy atom. The van der Waals surface area contributed by atoms with Crippen LogP contribution in [0.5, 0.6) is 5.75 Å². The quantitative estimate of drug-likeness (QED) is 0.793. The number of hydrogen-bond acceptors (Lipinski definition) is 2. The molecule has 0 unspecified atom stereocenters. The summed E-state index contributed by atoms with van der Waals surface area (Å²) in [5.74, 6) is 0.452. The summed E-state index contributed by atoms with van der Waals surface area (Å²) in [4.78, 5) is 3.94. The van der Waals surface area contributed by atoms with Gasteiger partial charge in [0.2, 0.25) is 0 Å². The summed E-state index contributed by atoms with van der Waals surface area (Å²) >= 11 is 0. The Hall–Kier alpha value is -1.98. The molecule has 0 spiro atoms. The van der Waals surface area contributed by atoms with Crippen molar-refractivity contribution in [3.8, 4) is 5.75 Å². The van der Waals surface area contributed by atoms with Crippen LogP contribution in [0.3, 0.4) is 0 Å². The molecule has 0 aliphatic rings. The highest BCUT2D eigenvalue weighted by atomic mass is 19.4. The maximum Gasteiger partial charge on any atom is 0.509 e. The first-order valence-electron chi connectivity index (χ1n) is 5.79. The fourth-order valence-electron chi connectivity index (χ4n) is 1.68. The van der Waals surface area contributed by atoms with E-state index < -0.39 is 12.4 Å². The molecule has 0 aliphatic carbocycles. The molecule has 0 aliphatic heterocycles. The van der Waals surface area contributed by atoms with E-state index in [0.717, 1.165) is 17.7 Å². The number of halogens is 3. The Labute approximate surface area is 109 Å². The molecule has 6 heteroatoms. The molecule has 1 heterocycles. The molecule has 1 aromatic carbocycles. The zero-order valence-electron chi connectivity index (χ0n) is 10.3. The highest BCUT2D eigenvalue weighted by Gasteiger charge is 2.25. The highest BCUT2D eigenvalue weighted by Crippen LogP contribution is 2.19. The van der Waals surface area contributed by atoms with Crippen molar-refractivity contribution in [2.24, 2.45) is 0 Å². The van der Waals surface area contributed by atoms with E-state index in [9.17, 15) is 12.9 Å². The number of benzene rings is 1. The topological polar surface area (TPSA) is 22.1 Å². The summed E-state index contributed by atoms with van der Waals surface area (Å²) < 4.78 is 43.2. The second-order valence-electron chi connectivity index (χ2n) is 4.25. The summed E-state index contributed by atoms with van der Waals surface area (Å²) in [5, 5.41) is 0. The molecule has 0 N–H and O–H groups in total. The van der Waals surface area contributed by atoms with Gasteiger partial charge in [0.1, 0.15) is 12.4 Å². The Bertz CT molecular complexity index is 558. The lowest BCUT2D eigenvalue weighted by Crippen LogP contribution is -2.34. The minimum atomic E-state index is -4.96. The van der Waals surface area contributed by atoms with Crippen LogP contribution in [0.1, 0.15) is 11.1 Å². The van der Waals surface area contributed by atoms with Crippen LogP contribution in [-0.4, -0.2) is 12.0 Å². The van der Waals surface area contributed by atoms with Crippen molar-refractivity contribution < 1.29 is 17.7 Å². The molecular formula is C13H12BF3NO-. The van der Waals surface area contributed by atoms with Gasteiger partial charge in [0.15, 0.2) is 0 Å². The summed E-state index contributed by atoms with van der Waals surface area (Å²) in [6.45, 7) is -3.08. The molecule has 2 aromatic rings. The van der Waals surface area contributed by atoms with E-state index in [4.69, 9.17) is 4.74 Å². The zero-order chi connectivity index (χ0) is 13.9. The van der Waals surface area contributed by atoms with Crippen molar-refractivity contribution in [1.82, 2.24) is 4.98 Å². The zero-order valence-corrected chi connectivity index (χ0v) is 10.3. The highest BCUT2D eigenvalue weighted by molar-refractivity contribution is 6.73. The first kappa shape index (κ1) is 13.5. The van der Waals surface area contributed by atoms with Crippen LogP contribution in [0, 0.1) is 6.92 Å². The van der Waals surface area contributed by atoms with Gasteiger partial charge in [0.25, 0.3) is 0 Å². The van der Waals surface area contributed by atoms with Gasteiger partial charge < -0.3 is 17.7 Å². The molecule has 2 nitrogen and oxygen atoms in total. The number of aromatic nitrogens is 1. The number of aryl methyl sites for hydroxylation is 1. The number of hydrogen-bond donors (Lipinski definition) is 0. The second kappa shape index (κ2) is 5.34. The molecule has 0 saturated heterocycles. The van der Waals surface area contributed by atoms with Gasteiger partial charge in [-0.25, -0.2) is 0 Å². The normalized spacial score (nSPS) is 11.4. The van der Waals surface area contributed by atoms with Crippen LogP contribution in [0.2, 0.25) is 0 Å². The van der Waals surface area contributed by atoms with E-state index in [1.807, 2.05) is 6.07 Å². The van der Waals surface area contributed by atoms with Gasteiger partial charge in [-0.1, -0.05) is 18.2 Å². The summed E-state index contributed by atoms with van der Waals surface area (Å²) in [6, 6.07) is 7.14. The van der Waals surface area contributed by atoms with Crippen LogP contribution in [0.15, 0.2) is 42.7 Å². The van der Waals surface area contributed by atoms with Crippen LogP contribution in [0.4, 0.5) is 12.9 Å². The van der Waals surface area contributed by atoms with E-state index in [-0.39, 0.29) is 6.61 Å². The Balaban J connectivity index is 2.10. The predicted octanol–water partition coefficient (Wildman–Crippen LogP) is 3.02. The van der Waals surface area contributed by atoms with Crippen molar-refractivity contribution >= 4 is 12.4 Å². The van der Waals surface area contributed by atoms with Crippen LogP contribution in [0.25, 0.3) is 0 Å². The van der Waals surface area contributed by atoms with Gasteiger partial charge >= 0.3 is 6.98 Å². The molecule has 19 heavy (non-hydrogen) atoms. The SMILES string of the molecule is Cc1cc([B-](F)(F)F)ccc1OCc1cccnc1. The maximum absolute atomic E-state index is 12.6. The lowest BCUT2D eigenvalue weighted by atomic mass is 9.79. The molecule has 0 bridgehead atoms. The number of rotatable bonds is 4. The number of nitrogens with zero attached hydrogens (tertiary/aromatic N) is 1. The van der Waals surface area contributed by atoms with Gasteiger partial charge in [-0.2, -0.15) is 0 Å². The second-order valence-corrected chi connectivity index (χ2v) is 4.25. The fraction of sp³-hybridized carbons (Fsp3) is 0.154. The molecule has 0 atom stereocenters. The largest absolute Gasteiger partial charge is 0.509 e. The van der Waals surface area contributed by atoms with Crippen molar-refractivity contribution in [2.45, 2.75) is 13.5 Å². The predicted molar refractivity (Wildman–Crippen MR) is 68.5 cm³/mol. The lowest BCUT2D eigenvalue weighted by molar-refractivity contribution is 0.303. The minimum Gasteiger partial charge on any atom is -0.489 e. The molecule has 0 saturated carbocycles.